The van der Waals surface area contributed by atoms with E-state index in [1.807, 2.05) is 0 Å². The number of hydrogen-bond acceptors (Lipinski definition) is 4. The Morgan fingerprint density at radius 1 is 1.14 bits per heavy atom. The van der Waals surface area contributed by atoms with Gasteiger partial charge in [-0.3, -0.25) is 4.79 Å². The Morgan fingerprint density at radius 3 is 2.43 bits per heavy atom. The standard InChI is InChI=1S/C18H19F4N5O/c19-13-2-1-3-14(8-13)27-16(18(20,21)22)15(24-25-27)17(28)26-6-4-11-9-23-10-12(11)5-7-26/h1-3,8,11-12,23H,4-7,9-10H2/t11-,12+. The van der Waals surface area contributed by atoms with E-state index in [1.54, 1.807) is 0 Å². The van der Waals surface area contributed by atoms with Gasteiger partial charge in [-0.15, -0.1) is 5.10 Å². The van der Waals surface area contributed by atoms with Gasteiger partial charge in [0.15, 0.2) is 11.4 Å². The van der Waals surface area contributed by atoms with Crippen molar-refractivity contribution >= 4 is 5.91 Å². The fraction of sp³-hybridized carbons (Fsp3) is 0.500. The molecule has 6 nitrogen and oxygen atoms in total. The predicted octanol–water partition coefficient (Wildman–Crippen LogP) is 2.50. The summed E-state index contributed by atoms with van der Waals surface area (Å²) in [6.07, 6.45) is -3.39. The van der Waals surface area contributed by atoms with Crippen molar-refractivity contribution in [3.8, 4) is 5.69 Å². The highest BCUT2D eigenvalue weighted by Gasteiger charge is 2.43. The summed E-state index contributed by atoms with van der Waals surface area (Å²) in [5, 5.41) is 10.4. The number of carbonyl (C=O) groups is 1. The highest BCUT2D eigenvalue weighted by molar-refractivity contribution is 5.93. The molecule has 10 heteroatoms. The molecule has 0 aliphatic carbocycles. The Bertz CT molecular complexity index is 867. The van der Waals surface area contributed by atoms with Crippen LogP contribution in [0.5, 0.6) is 0 Å². The van der Waals surface area contributed by atoms with E-state index >= 15 is 0 Å². The summed E-state index contributed by atoms with van der Waals surface area (Å²) in [5.41, 5.74) is -2.17. The van der Waals surface area contributed by atoms with Crippen molar-refractivity contribution in [1.82, 2.24) is 25.2 Å². The van der Waals surface area contributed by atoms with Crippen LogP contribution in [0.3, 0.4) is 0 Å². The molecule has 0 saturated carbocycles. The van der Waals surface area contributed by atoms with Crippen LogP contribution in [0.25, 0.3) is 5.69 Å². The van der Waals surface area contributed by atoms with E-state index in [2.05, 4.69) is 15.6 Å². The Kier molecular flexibility index (Phi) is 4.82. The van der Waals surface area contributed by atoms with Crippen molar-refractivity contribution in [1.29, 1.82) is 0 Å². The lowest BCUT2D eigenvalue weighted by atomic mass is 9.92. The maximum atomic E-state index is 13.8. The minimum absolute atomic E-state index is 0.143. The fourth-order valence-corrected chi connectivity index (χ4v) is 4.04. The van der Waals surface area contributed by atoms with Gasteiger partial charge < -0.3 is 10.2 Å². The summed E-state index contributed by atoms with van der Waals surface area (Å²) in [6, 6.07) is 4.58. The number of rotatable bonds is 2. The number of likely N-dealkylation sites (tertiary alicyclic amines) is 1. The number of alkyl halides is 3. The van der Waals surface area contributed by atoms with Crippen LogP contribution >= 0.6 is 0 Å². The zero-order valence-electron chi connectivity index (χ0n) is 14.9. The number of halogens is 4. The topological polar surface area (TPSA) is 63.1 Å². The lowest BCUT2D eigenvalue weighted by molar-refractivity contribution is -0.143. The maximum absolute atomic E-state index is 13.8. The fourth-order valence-electron chi connectivity index (χ4n) is 4.04. The van der Waals surface area contributed by atoms with Gasteiger partial charge in [0.05, 0.1) is 5.69 Å². The summed E-state index contributed by atoms with van der Waals surface area (Å²) < 4.78 is 55.2. The summed E-state index contributed by atoms with van der Waals surface area (Å²) in [5.74, 6) is -0.629. The molecule has 0 bridgehead atoms. The smallest absolute Gasteiger partial charge is 0.337 e. The van der Waals surface area contributed by atoms with Gasteiger partial charge in [0.25, 0.3) is 5.91 Å². The van der Waals surface area contributed by atoms with Gasteiger partial charge in [0, 0.05) is 13.1 Å². The molecule has 2 saturated heterocycles. The van der Waals surface area contributed by atoms with Crippen molar-refractivity contribution in [3.05, 3.63) is 41.5 Å². The lowest BCUT2D eigenvalue weighted by Gasteiger charge is -2.20. The largest absolute Gasteiger partial charge is 0.435 e. The molecule has 2 atom stereocenters. The van der Waals surface area contributed by atoms with Gasteiger partial charge >= 0.3 is 6.18 Å². The Morgan fingerprint density at radius 2 is 1.82 bits per heavy atom. The third-order valence-corrected chi connectivity index (χ3v) is 5.50. The summed E-state index contributed by atoms with van der Waals surface area (Å²) in [4.78, 5) is 14.3. The van der Waals surface area contributed by atoms with Crippen LogP contribution in [-0.2, 0) is 6.18 Å². The van der Waals surface area contributed by atoms with Crippen LogP contribution in [0, 0.1) is 17.7 Å². The molecule has 2 fully saturated rings. The number of aromatic nitrogens is 3. The normalized spacial score (nSPS) is 22.8. The van der Waals surface area contributed by atoms with Crippen molar-refractivity contribution in [2.45, 2.75) is 19.0 Å². The van der Waals surface area contributed by atoms with Crippen molar-refractivity contribution in [2.75, 3.05) is 26.2 Å². The Balaban J connectivity index is 1.66. The number of nitrogens with zero attached hydrogens (tertiary/aromatic N) is 4. The van der Waals surface area contributed by atoms with E-state index in [1.165, 1.54) is 17.0 Å². The SMILES string of the molecule is O=C(c1nnn(-c2cccc(F)c2)c1C(F)(F)F)N1CC[C@@H]2CNC[C@@H]2CC1. The molecule has 0 spiro atoms. The van der Waals surface area contributed by atoms with Gasteiger partial charge in [-0.05, 0) is 56.0 Å². The first-order valence-electron chi connectivity index (χ1n) is 9.13. The molecule has 1 aromatic carbocycles. The third kappa shape index (κ3) is 3.48. The second kappa shape index (κ2) is 7.16. The van der Waals surface area contributed by atoms with Crippen LogP contribution in [0.2, 0.25) is 0 Å². The minimum atomic E-state index is -4.87. The molecule has 3 heterocycles. The zero-order valence-corrected chi connectivity index (χ0v) is 14.9. The van der Waals surface area contributed by atoms with Gasteiger partial charge in [-0.2, -0.15) is 13.2 Å². The van der Waals surface area contributed by atoms with Crippen LogP contribution in [-0.4, -0.2) is 52.0 Å². The molecule has 4 rings (SSSR count). The highest BCUT2D eigenvalue weighted by Crippen LogP contribution is 2.34. The van der Waals surface area contributed by atoms with E-state index in [0.29, 0.717) is 29.6 Å². The van der Waals surface area contributed by atoms with E-state index in [4.69, 9.17) is 0 Å². The molecule has 0 radical (unpaired) electrons. The van der Waals surface area contributed by atoms with Crippen molar-refractivity contribution in [3.63, 3.8) is 0 Å². The van der Waals surface area contributed by atoms with Crippen LogP contribution < -0.4 is 5.32 Å². The number of carbonyl (C=O) groups excluding carboxylic acids is 1. The van der Waals surface area contributed by atoms with Crippen LogP contribution in [0.15, 0.2) is 24.3 Å². The summed E-state index contributed by atoms with van der Waals surface area (Å²) in [6.45, 7) is 2.50. The van der Waals surface area contributed by atoms with E-state index in [9.17, 15) is 22.4 Å². The number of nitrogens with one attached hydrogen (secondary N) is 1. The molecule has 2 aliphatic heterocycles. The summed E-state index contributed by atoms with van der Waals surface area (Å²) >= 11 is 0. The summed E-state index contributed by atoms with van der Waals surface area (Å²) in [7, 11) is 0. The molecule has 1 aromatic heterocycles. The second-order valence-corrected chi connectivity index (χ2v) is 7.22. The molecule has 1 amide bonds. The average Bonchev–Trinajstić information content (AvgIpc) is 3.24. The van der Waals surface area contributed by atoms with E-state index in [-0.39, 0.29) is 5.69 Å². The quantitative estimate of drug-likeness (QED) is 0.791. The van der Waals surface area contributed by atoms with Crippen molar-refractivity contribution in [2.24, 2.45) is 11.8 Å². The molecule has 0 unspecified atom stereocenters. The Labute approximate surface area is 158 Å². The second-order valence-electron chi connectivity index (χ2n) is 7.22. The predicted molar refractivity (Wildman–Crippen MR) is 91.3 cm³/mol. The van der Waals surface area contributed by atoms with Gasteiger partial charge in [0.2, 0.25) is 0 Å². The van der Waals surface area contributed by atoms with E-state index in [0.717, 1.165) is 38.1 Å². The van der Waals surface area contributed by atoms with Gasteiger partial charge in [-0.1, -0.05) is 11.3 Å². The Hall–Kier alpha value is -2.49. The number of amides is 1. The maximum Gasteiger partial charge on any atom is 0.435 e. The lowest BCUT2D eigenvalue weighted by Crippen LogP contribution is -2.34. The molecule has 28 heavy (non-hydrogen) atoms. The number of hydrogen-bond donors (Lipinski definition) is 1. The molecule has 2 aromatic rings. The average molecular weight is 397 g/mol. The first kappa shape index (κ1) is 18.9. The first-order valence-corrected chi connectivity index (χ1v) is 9.13. The molecule has 1 N–H and O–H groups in total. The van der Waals surface area contributed by atoms with E-state index < -0.39 is 29.3 Å². The third-order valence-electron chi connectivity index (χ3n) is 5.50. The molecular formula is C18H19F4N5O. The minimum Gasteiger partial charge on any atom is -0.337 e. The number of fused-ring (bicyclic) bond motifs is 1. The highest BCUT2D eigenvalue weighted by atomic mass is 19.4. The number of benzene rings is 1. The van der Waals surface area contributed by atoms with Gasteiger partial charge in [-0.25, -0.2) is 9.07 Å². The van der Waals surface area contributed by atoms with Crippen LogP contribution in [0.4, 0.5) is 17.6 Å². The molecule has 150 valence electrons. The molecule has 2 aliphatic rings. The van der Waals surface area contributed by atoms with Crippen LogP contribution in [0.1, 0.15) is 29.0 Å². The molecular weight excluding hydrogens is 378 g/mol. The van der Waals surface area contributed by atoms with Gasteiger partial charge in [0.1, 0.15) is 5.82 Å². The zero-order chi connectivity index (χ0) is 19.9. The first-order chi connectivity index (χ1) is 13.3. The monoisotopic (exact) mass is 397 g/mol. The van der Waals surface area contributed by atoms with Crippen molar-refractivity contribution < 1.29 is 22.4 Å².